The van der Waals surface area contributed by atoms with Crippen molar-refractivity contribution in [2.24, 2.45) is 0 Å². The molecule has 0 atom stereocenters. The van der Waals surface area contributed by atoms with E-state index in [1.54, 1.807) is 6.07 Å². The number of aromatic nitrogens is 2. The molecule has 0 saturated heterocycles. The molecule has 0 aliphatic rings. The standard InChI is InChI=1S/C16H10F2N2O/c1-9-2-4-11(17)14(15(9)18)16(21)10-3-5-12-13(8-10)20-7-6-19-12/h2-8H,1H3. The predicted octanol–water partition coefficient (Wildman–Crippen LogP) is 3.45. The van der Waals surface area contributed by atoms with E-state index in [1.807, 2.05) is 0 Å². The van der Waals surface area contributed by atoms with Crippen molar-refractivity contribution in [2.45, 2.75) is 6.92 Å². The Kier molecular flexibility index (Phi) is 3.17. The van der Waals surface area contributed by atoms with Crippen LogP contribution in [0.3, 0.4) is 0 Å². The Labute approximate surface area is 119 Å². The first-order valence-electron chi connectivity index (χ1n) is 6.28. The quantitative estimate of drug-likeness (QED) is 0.677. The van der Waals surface area contributed by atoms with E-state index in [2.05, 4.69) is 9.97 Å². The molecule has 0 spiro atoms. The highest BCUT2D eigenvalue weighted by Crippen LogP contribution is 2.21. The maximum absolute atomic E-state index is 14.0. The van der Waals surface area contributed by atoms with Crippen LogP contribution in [0, 0.1) is 18.6 Å². The van der Waals surface area contributed by atoms with Crippen LogP contribution < -0.4 is 0 Å². The smallest absolute Gasteiger partial charge is 0.199 e. The minimum absolute atomic E-state index is 0.173. The number of rotatable bonds is 2. The fraction of sp³-hybridized carbons (Fsp3) is 0.0625. The molecule has 0 bridgehead atoms. The first-order chi connectivity index (χ1) is 10.1. The molecule has 0 N–H and O–H groups in total. The SMILES string of the molecule is Cc1ccc(F)c(C(=O)c2ccc3nccnc3c2)c1F. The molecule has 5 heteroatoms. The van der Waals surface area contributed by atoms with Crippen LogP contribution in [0.2, 0.25) is 0 Å². The van der Waals surface area contributed by atoms with Crippen molar-refractivity contribution in [3.05, 3.63) is 71.1 Å². The van der Waals surface area contributed by atoms with Crippen LogP contribution in [0.5, 0.6) is 0 Å². The van der Waals surface area contributed by atoms with E-state index < -0.39 is 23.0 Å². The molecule has 0 aliphatic heterocycles. The number of hydrogen-bond donors (Lipinski definition) is 0. The maximum Gasteiger partial charge on any atom is 0.199 e. The van der Waals surface area contributed by atoms with Crippen LogP contribution in [-0.2, 0) is 0 Å². The lowest BCUT2D eigenvalue weighted by molar-refractivity contribution is 0.103. The van der Waals surface area contributed by atoms with Gasteiger partial charge in [-0.25, -0.2) is 8.78 Å². The molecule has 2 aromatic carbocycles. The Morgan fingerprint density at radius 1 is 1.00 bits per heavy atom. The number of halogens is 2. The van der Waals surface area contributed by atoms with Crippen molar-refractivity contribution in [1.82, 2.24) is 9.97 Å². The van der Waals surface area contributed by atoms with Crippen LogP contribution in [0.4, 0.5) is 8.78 Å². The largest absolute Gasteiger partial charge is 0.288 e. The minimum atomic E-state index is -0.873. The van der Waals surface area contributed by atoms with Crippen LogP contribution in [0.1, 0.15) is 21.5 Å². The molecule has 3 aromatic rings. The van der Waals surface area contributed by atoms with Gasteiger partial charge < -0.3 is 0 Å². The molecule has 0 aliphatic carbocycles. The fourth-order valence-corrected chi connectivity index (χ4v) is 2.11. The Morgan fingerprint density at radius 3 is 2.48 bits per heavy atom. The molecule has 0 fully saturated rings. The number of fused-ring (bicyclic) bond motifs is 1. The summed E-state index contributed by atoms with van der Waals surface area (Å²) >= 11 is 0. The molecule has 21 heavy (non-hydrogen) atoms. The Hall–Kier alpha value is -2.69. The first-order valence-corrected chi connectivity index (χ1v) is 6.28. The van der Waals surface area contributed by atoms with Crippen molar-refractivity contribution in [2.75, 3.05) is 0 Å². The number of carbonyl (C=O) groups is 1. The van der Waals surface area contributed by atoms with Crippen LogP contribution in [-0.4, -0.2) is 15.8 Å². The maximum atomic E-state index is 14.0. The number of carbonyl (C=O) groups excluding carboxylic acids is 1. The number of benzene rings is 2. The van der Waals surface area contributed by atoms with E-state index in [0.717, 1.165) is 6.07 Å². The van der Waals surface area contributed by atoms with Gasteiger partial charge in [-0.1, -0.05) is 6.07 Å². The minimum Gasteiger partial charge on any atom is -0.288 e. The van der Waals surface area contributed by atoms with Crippen molar-refractivity contribution >= 4 is 16.8 Å². The summed E-state index contributed by atoms with van der Waals surface area (Å²) in [6.45, 7) is 1.48. The van der Waals surface area contributed by atoms with E-state index in [0.29, 0.717) is 11.0 Å². The van der Waals surface area contributed by atoms with E-state index in [1.165, 1.54) is 37.5 Å². The molecule has 104 valence electrons. The van der Waals surface area contributed by atoms with Crippen molar-refractivity contribution in [3.63, 3.8) is 0 Å². The zero-order valence-electron chi connectivity index (χ0n) is 11.1. The Balaban J connectivity index is 2.15. The summed E-state index contributed by atoms with van der Waals surface area (Å²) in [5.74, 6) is -2.41. The molecule has 1 aromatic heterocycles. The van der Waals surface area contributed by atoms with E-state index in [9.17, 15) is 13.6 Å². The van der Waals surface area contributed by atoms with Gasteiger partial charge in [0.15, 0.2) is 5.78 Å². The molecule has 1 heterocycles. The number of ketones is 1. The van der Waals surface area contributed by atoms with Crippen LogP contribution in [0.15, 0.2) is 42.7 Å². The molecule has 3 nitrogen and oxygen atoms in total. The Morgan fingerprint density at radius 2 is 1.71 bits per heavy atom. The summed E-state index contributed by atoms with van der Waals surface area (Å²) in [4.78, 5) is 20.5. The fourth-order valence-electron chi connectivity index (χ4n) is 2.11. The van der Waals surface area contributed by atoms with Crippen molar-refractivity contribution in [3.8, 4) is 0 Å². The lowest BCUT2D eigenvalue weighted by Crippen LogP contribution is -2.09. The third kappa shape index (κ3) is 2.27. The van der Waals surface area contributed by atoms with Crippen molar-refractivity contribution in [1.29, 1.82) is 0 Å². The van der Waals surface area contributed by atoms with E-state index >= 15 is 0 Å². The van der Waals surface area contributed by atoms with Gasteiger partial charge in [0.1, 0.15) is 11.6 Å². The highest BCUT2D eigenvalue weighted by atomic mass is 19.1. The molecular formula is C16H10F2N2O. The van der Waals surface area contributed by atoms with Gasteiger partial charge in [-0.2, -0.15) is 0 Å². The average molecular weight is 284 g/mol. The molecular weight excluding hydrogens is 274 g/mol. The second-order valence-corrected chi connectivity index (χ2v) is 4.64. The zero-order valence-corrected chi connectivity index (χ0v) is 11.1. The first kappa shape index (κ1) is 13.3. The second-order valence-electron chi connectivity index (χ2n) is 4.64. The van der Waals surface area contributed by atoms with E-state index in [-0.39, 0.29) is 11.1 Å². The topological polar surface area (TPSA) is 42.9 Å². The predicted molar refractivity (Wildman–Crippen MR) is 74.1 cm³/mol. The van der Waals surface area contributed by atoms with Crippen LogP contribution in [0.25, 0.3) is 11.0 Å². The highest BCUT2D eigenvalue weighted by molar-refractivity contribution is 6.10. The third-order valence-corrected chi connectivity index (χ3v) is 3.24. The summed E-state index contributed by atoms with van der Waals surface area (Å²) in [5.41, 5.74) is 0.959. The molecule has 0 unspecified atom stereocenters. The third-order valence-electron chi connectivity index (χ3n) is 3.24. The normalized spacial score (nSPS) is 10.8. The van der Waals surface area contributed by atoms with Gasteiger partial charge in [0.05, 0.1) is 16.6 Å². The van der Waals surface area contributed by atoms with Gasteiger partial charge in [-0.15, -0.1) is 0 Å². The van der Waals surface area contributed by atoms with Gasteiger partial charge in [-0.3, -0.25) is 14.8 Å². The van der Waals surface area contributed by atoms with Gasteiger partial charge in [-0.05, 0) is 36.8 Å². The summed E-state index contributed by atoms with van der Waals surface area (Å²) in [6, 6.07) is 6.95. The van der Waals surface area contributed by atoms with Gasteiger partial charge in [0, 0.05) is 18.0 Å². The summed E-state index contributed by atoms with van der Waals surface area (Å²) in [6.07, 6.45) is 3.02. The van der Waals surface area contributed by atoms with Gasteiger partial charge >= 0.3 is 0 Å². The number of hydrogen-bond acceptors (Lipinski definition) is 3. The van der Waals surface area contributed by atoms with E-state index in [4.69, 9.17) is 0 Å². The lowest BCUT2D eigenvalue weighted by Gasteiger charge is -2.07. The average Bonchev–Trinajstić information content (AvgIpc) is 2.51. The van der Waals surface area contributed by atoms with Gasteiger partial charge in [0.2, 0.25) is 0 Å². The molecule has 0 radical (unpaired) electrons. The van der Waals surface area contributed by atoms with Crippen LogP contribution >= 0.6 is 0 Å². The Bertz CT molecular complexity index is 862. The zero-order chi connectivity index (χ0) is 15.0. The monoisotopic (exact) mass is 284 g/mol. The summed E-state index contributed by atoms with van der Waals surface area (Å²) < 4.78 is 27.8. The molecule has 0 amide bonds. The molecule has 0 saturated carbocycles. The molecule has 3 rings (SSSR count). The summed E-state index contributed by atoms with van der Waals surface area (Å²) in [5, 5.41) is 0. The summed E-state index contributed by atoms with van der Waals surface area (Å²) in [7, 11) is 0. The second kappa shape index (κ2) is 5.01. The number of nitrogens with zero attached hydrogens (tertiary/aromatic N) is 2. The highest BCUT2D eigenvalue weighted by Gasteiger charge is 2.20. The lowest BCUT2D eigenvalue weighted by atomic mass is 10.00. The number of aryl methyl sites for hydroxylation is 1. The van der Waals surface area contributed by atoms with Crippen molar-refractivity contribution < 1.29 is 13.6 Å². The van der Waals surface area contributed by atoms with Gasteiger partial charge in [0.25, 0.3) is 0 Å².